The number of carbonyl (C=O) groups is 1. The number of nitrogens with zero attached hydrogens (tertiary/aromatic N) is 1. The first-order chi connectivity index (χ1) is 7.89. The zero-order valence-electron chi connectivity index (χ0n) is 9.73. The fourth-order valence-electron chi connectivity index (χ4n) is 1.32. The second kappa shape index (κ2) is 4.13. The van der Waals surface area contributed by atoms with Gasteiger partial charge in [-0.05, 0) is 32.9 Å². The topological polar surface area (TPSA) is 50.1 Å². The summed E-state index contributed by atoms with van der Waals surface area (Å²) in [5, 5.41) is 9.70. The molecule has 0 unspecified atom stereocenters. The van der Waals surface area contributed by atoms with Gasteiger partial charge in [-0.3, -0.25) is 0 Å². The van der Waals surface area contributed by atoms with Gasteiger partial charge in [0, 0.05) is 5.39 Å². The minimum Gasteiger partial charge on any atom is -0.456 e. The van der Waals surface area contributed by atoms with Crippen molar-refractivity contribution in [3.05, 3.63) is 21.9 Å². The van der Waals surface area contributed by atoms with Crippen LogP contribution >= 0.6 is 22.7 Å². The van der Waals surface area contributed by atoms with Crippen molar-refractivity contribution in [1.29, 1.82) is 5.26 Å². The van der Waals surface area contributed by atoms with Gasteiger partial charge in [-0.15, -0.1) is 22.7 Å². The lowest BCUT2D eigenvalue weighted by Crippen LogP contribution is -2.23. The molecule has 17 heavy (non-hydrogen) atoms. The van der Waals surface area contributed by atoms with Crippen LogP contribution < -0.4 is 0 Å². The predicted molar refractivity (Wildman–Crippen MR) is 69.6 cm³/mol. The van der Waals surface area contributed by atoms with Crippen LogP contribution in [-0.2, 0) is 4.74 Å². The largest absolute Gasteiger partial charge is 0.456 e. The van der Waals surface area contributed by atoms with Gasteiger partial charge in [-0.2, -0.15) is 5.26 Å². The Bertz CT molecular complexity index is 579. The predicted octanol–water partition coefficient (Wildman–Crippen LogP) is 3.79. The Morgan fingerprint density at radius 2 is 2.06 bits per heavy atom. The van der Waals surface area contributed by atoms with Gasteiger partial charge in [0.1, 0.15) is 21.4 Å². The minimum absolute atomic E-state index is 0.301. The molecule has 0 aromatic carbocycles. The number of thiophene rings is 2. The second-order valence-electron chi connectivity index (χ2n) is 4.58. The molecular weight excluding hydrogens is 254 g/mol. The van der Waals surface area contributed by atoms with Crippen molar-refractivity contribution in [2.45, 2.75) is 26.4 Å². The van der Waals surface area contributed by atoms with Crippen molar-refractivity contribution >= 4 is 38.0 Å². The summed E-state index contributed by atoms with van der Waals surface area (Å²) in [4.78, 5) is 13.1. The summed E-state index contributed by atoms with van der Waals surface area (Å²) in [6.07, 6.45) is 0. The van der Waals surface area contributed by atoms with E-state index in [2.05, 4.69) is 6.07 Å². The Hall–Kier alpha value is -1.38. The highest BCUT2D eigenvalue weighted by Gasteiger charge is 2.20. The summed E-state index contributed by atoms with van der Waals surface area (Å²) in [5.41, 5.74) is -0.480. The molecule has 2 aromatic heterocycles. The first kappa shape index (κ1) is 12.1. The molecule has 0 amide bonds. The van der Waals surface area contributed by atoms with E-state index in [-0.39, 0.29) is 5.97 Å². The Labute approximate surface area is 107 Å². The standard InChI is InChI=1S/C12H11NO2S2/c1-12(2,3)15-10(14)9-5-7-4-8(6-13)16-11(7)17-9/h4-5H,1-3H3. The van der Waals surface area contributed by atoms with Gasteiger partial charge in [0.05, 0.1) is 4.01 Å². The van der Waals surface area contributed by atoms with E-state index in [9.17, 15) is 4.79 Å². The van der Waals surface area contributed by atoms with Crippen molar-refractivity contribution in [2.24, 2.45) is 0 Å². The molecule has 0 atom stereocenters. The van der Waals surface area contributed by atoms with E-state index >= 15 is 0 Å². The van der Waals surface area contributed by atoms with E-state index in [0.29, 0.717) is 9.75 Å². The van der Waals surface area contributed by atoms with E-state index < -0.39 is 5.60 Å². The van der Waals surface area contributed by atoms with Crippen molar-refractivity contribution in [2.75, 3.05) is 0 Å². The Balaban J connectivity index is 2.29. The van der Waals surface area contributed by atoms with Crippen LogP contribution in [0.5, 0.6) is 0 Å². The average molecular weight is 265 g/mol. The molecule has 0 saturated heterocycles. The van der Waals surface area contributed by atoms with Gasteiger partial charge >= 0.3 is 5.97 Å². The Morgan fingerprint density at radius 3 is 2.59 bits per heavy atom. The molecule has 2 rings (SSSR count). The molecule has 0 saturated carbocycles. The smallest absolute Gasteiger partial charge is 0.348 e. The van der Waals surface area contributed by atoms with E-state index in [0.717, 1.165) is 9.40 Å². The molecule has 0 spiro atoms. The van der Waals surface area contributed by atoms with Crippen LogP contribution in [0.1, 0.15) is 35.3 Å². The summed E-state index contributed by atoms with van der Waals surface area (Å²) in [6, 6.07) is 5.68. The van der Waals surface area contributed by atoms with Crippen LogP contribution in [0.4, 0.5) is 0 Å². The molecular formula is C12H11NO2S2. The van der Waals surface area contributed by atoms with Crippen LogP contribution in [0.3, 0.4) is 0 Å². The number of carbonyl (C=O) groups excluding carboxylic acids is 1. The quantitative estimate of drug-likeness (QED) is 0.737. The Kier molecular flexibility index (Phi) is 2.94. The Morgan fingerprint density at radius 1 is 1.35 bits per heavy atom. The molecule has 0 aliphatic carbocycles. The van der Waals surface area contributed by atoms with Crippen LogP contribution in [-0.4, -0.2) is 11.6 Å². The molecule has 0 N–H and O–H groups in total. The normalized spacial score (nSPS) is 11.4. The highest BCUT2D eigenvalue weighted by Crippen LogP contribution is 2.33. The second-order valence-corrected chi connectivity index (χ2v) is 6.94. The molecule has 0 aliphatic heterocycles. The summed E-state index contributed by atoms with van der Waals surface area (Å²) in [6.45, 7) is 5.53. The number of nitriles is 1. The molecule has 0 aliphatic rings. The van der Waals surface area contributed by atoms with Gasteiger partial charge in [-0.1, -0.05) is 0 Å². The van der Waals surface area contributed by atoms with Crippen molar-refractivity contribution in [1.82, 2.24) is 0 Å². The van der Waals surface area contributed by atoms with Crippen molar-refractivity contribution < 1.29 is 9.53 Å². The molecule has 0 fully saturated rings. The van der Waals surface area contributed by atoms with Gasteiger partial charge in [0.25, 0.3) is 0 Å². The molecule has 3 nitrogen and oxygen atoms in total. The summed E-state index contributed by atoms with van der Waals surface area (Å²) >= 11 is 2.78. The number of hydrogen-bond acceptors (Lipinski definition) is 5. The van der Waals surface area contributed by atoms with Gasteiger partial charge in [-0.25, -0.2) is 4.79 Å². The van der Waals surface area contributed by atoms with E-state index in [1.807, 2.05) is 20.8 Å². The summed E-state index contributed by atoms with van der Waals surface area (Å²) in [7, 11) is 0. The van der Waals surface area contributed by atoms with Crippen molar-refractivity contribution in [3.63, 3.8) is 0 Å². The molecule has 0 radical (unpaired) electrons. The average Bonchev–Trinajstić information content (AvgIpc) is 2.70. The third-order valence-electron chi connectivity index (χ3n) is 1.92. The highest BCUT2D eigenvalue weighted by atomic mass is 32.2. The SMILES string of the molecule is CC(C)(C)OC(=O)c1cc2cc(C#N)sc2s1. The lowest BCUT2D eigenvalue weighted by Gasteiger charge is -2.18. The number of rotatable bonds is 1. The highest BCUT2D eigenvalue weighted by molar-refractivity contribution is 7.39. The van der Waals surface area contributed by atoms with Crippen LogP contribution in [0.25, 0.3) is 9.40 Å². The lowest BCUT2D eigenvalue weighted by atomic mass is 10.2. The third-order valence-corrected chi connectivity index (χ3v) is 4.20. The molecule has 2 aromatic rings. The number of esters is 1. The summed E-state index contributed by atoms with van der Waals surface area (Å²) < 4.78 is 6.28. The maximum absolute atomic E-state index is 11.8. The monoisotopic (exact) mass is 265 g/mol. The van der Waals surface area contributed by atoms with Gasteiger partial charge in [0.2, 0.25) is 0 Å². The van der Waals surface area contributed by atoms with Gasteiger partial charge in [0.15, 0.2) is 0 Å². The van der Waals surface area contributed by atoms with E-state index in [4.69, 9.17) is 10.00 Å². The van der Waals surface area contributed by atoms with E-state index in [1.165, 1.54) is 22.7 Å². The lowest BCUT2D eigenvalue weighted by molar-refractivity contribution is 0.00753. The maximum atomic E-state index is 11.8. The summed E-state index contributed by atoms with van der Waals surface area (Å²) in [5.74, 6) is -0.301. The first-order valence-electron chi connectivity index (χ1n) is 5.06. The van der Waals surface area contributed by atoms with E-state index in [1.54, 1.807) is 12.1 Å². The fraction of sp³-hybridized carbons (Fsp3) is 0.333. The first-order valence-corrected chi connectivity index (χ1v) is 6.69. The van der Waals surface area contributed by atoms with Crippen LogP contribution in [0, 0.1) is 11.3 Å². The zero-order valence-corrected chi connectivity index (χ0v) is 11.4. The van der Waals surface area contributed by atoms with Gasteiger partial charge < -0.3 is 4.74 Å². The molecule has 0 bridgehead atoms. The van der Waals surface area contributed by atoms with Crippen molar-refractivity contribution in [3.8, 4) is 6.07 Å². The zero-order chi connectivity index (χ0) is 12.6. The number of fused-ring (bicyclic) bond motifs is 1. The minimum atomic E-state index is -0.480. The molecule has 5 heteroatoms. The van der Waals surface area contributed by atoms with Crippen LogP contribution in [0.2, 0.25) is 0 Å². The number of ether oxygens (including phenoxy) is 1. The number of hydrogen-bond donors (Lipinski definition) is 0. The fourth-order valence-corrected chi connectivity index (χ4v) is 3.44. The van der Waals surface area contributed by atoms with Crippen LogP contribution in [0.15, 0.2) is 12.1 Å². The third kappa shape index (κ3) is 2.65. The molecule has 2 heterocycles. The molecule has 88 valence electrons. The maximum Gasteiger partial charge on any atom is 0.348 e.